The minimum Gasteiger partial charge on any atom is -0.370 e. The number of benzene rings is 1. The molecule has 116 valence electrons. The second-order valence-corrected chi connectivity index (χ2v) is 7.50. The first-order chi connectivity index (χ1) is 10.1. The molecule has 0 aromatic heterocycles. The van der Waals surface area contributed by atoms with E-state index in [1.54, 1.807) is 0 Å². The van der Waals surface area contributed by atoms with Gasteiger partial charge >= 0.3 is 0 Å². The van der Waals surface area contributed by atoms with Crippen LogP contribution in [-0.2, 0) is 6.42 Å². The van der Waals surface area contributed by atoms with Crippen LogP contribution in [0.25, 0.3) is 0 Å². The molecule has 3 nitrogen and oxygen atoms in total. The van der Waals surface area contributed by atoms with Crippen molar-refractivity contribution >= 4 is 21.6 Å². The normalized spacial score (nSPS) is 24.7. The first-order valence-corrected chi connectivity index (χ1v) is 8.96. The molecular formula is C17H26BrN3. The fraction of sp³-hybridized carbons (Fsp3) is 0.647. The summed E-state index contributed by atoms with van der Waals surface area (Å²) in [5.41, 5.74) is 8.78. The Hall–Kier alpha value is -0.580. The Labute approximate surface area is 136 Å². The van der Waals surface area contributed by atoms with E-state index in [4.69, 9.17) is 5.73 Å². The Kier molecular flexibility index (Phi) is 4.87. The van der Waals surface area contributed by atoms with Gasteiger partial charge in [-0.3, -0.25) is 4.90 Å². The Bertz CT molecular complexity index is 483. The number of nitrogens with two attached hydrogens (primary N) is 1. The second-order valence-electron chi connectivity index (χ2n) is 6.59. The highest BCUT2D eigenvalue weighted by molar-refractivity contribution is 9.10. The van der Waals surface area contributed by atoms with Crippen LogP contribution in [0.15, 0.2) is 22.7 Å². The molecule has 0 amide bonds. The first-order valence-electron chi connectivity index (χ1n) is 8.16. The van der Waals surface area contributed by atoms with Gasteiger partial charge in [0.1, 0.15) is 0 Å². The van der Waals surface area contributed by atoms with Crippen LogP contribution in [0.2, 0.25) is 0 Å². The Morgan fingerprint density at radius 1 is 1.29 bits per heavy atom. The van der Waals surface area contributed by atoms with E-state index >= 15 is 0 Å². The van der Waals surface area contributed by atoms with Gasteiger partial charge in [0, 0.05) is 35.3 Å². The monoisotopic (exact) mass is 351 g/mol. The molecule has 0 spiro atoms. The van der Waals surface area contributed by atoms with Gasteiger partial charge in [0.25, 0.3) is 0 Å². The van der Waals surface area contributed by atoms with Crippen LogP contribution < -0.4 is 10.6 Å². The number of anilines is 1. The fourth-order valence-electron chi connectivity index (χ4n) is 3.72. The zero-order chi connectivity index (χ0) is 14.8. The molecule has 0 bridgehead atoms. The van der Waals surface area contributed by atoms with Crippen LogP contribution >= 0.6 is 15.9 Å². The summed E-state index contributed by atoms with van der Waals surface area (Å²) < 4.78 is 1.16. The van der Waals surface area contributed by atoms with E-state index in [-0.39, 0.29) is 6.04 Å². The summed E-state index contributed by atoms with van der Waals surface area (Å²) in [6.07, 6.45) is 5.00. The number of hydrogen-bond acceptors (Lipinski definition) is 3. The van der Waals surface area contributed by atoms with Gasteiger partial charge in [-0.2, -0.15) is 0 Å². The molecule has 1 aromatic rings. The lowest BCUT2D eigenvalue weighted by Crippen LogP contribution is -2.35. The molecule has 2 aliphatic rings. The third-order valence-corrected chi connectivity index (χ3v) is 5.24. The van der Waals surface area contributed by atoms with Gasteiger partial charge in [-0.1, -0.05) is 22.0 Å². The summed E-state index contributed by atoms with van der Waals surface area (Å²) in [6, 6.07) is 7.59. The third kappa shape index (κ3) is 3.61. The number of likely N-dealkylation sites (tertiary alicyclic amines) is 1. The van der Waals surface area contributed by atoms with Crippen molar-refractivity contribution in [3.8, 4) is 0 Å². The zero-order valence-corrected chi connectivity index (χ0v) is 14.5. The van der Waals surface area contributed by atoms with Crippen molar-refractivity contribution in [1.82, 2.24) is 4.90 Å². The minimum atomic E-state index is 0.210. The van der Waals surface area contributed by atoms with Gasteiger partial charge in [0.05, 0.1) is 0 Å². The molecule has 3 rings (SSSR count). The maximum absolute atomic E-state index is 6.02. The zero-order valence-electron chi connectivity index (χ0n) is 12.9. The smallest absolute Gasteiger partial charge is 0.0411 e. The van der Waals surface area contributed by atoms with Crippen molar-refractivity contribution in [2.24, 2.45) is 5.73 Å². The molecule has 2 N–H and O–H groups in total. The highest BCUT2D eigenvalue weighted by atomic mass is 79.9. The standard InChI is InChI=1S/C17H26BrN3/c1-13(19)10-14-4-5-15(18)11-17(14)21-9-6-16(12-21)20-7-2-3-8-20/h4-5,11,13,16H,2-3,6-10,12,19H2,1H3. The Balaban J connectivity index is 1.75. The van der Waals surface area contributed by atoms with Gasteiger partial charge < -0.3 is 10.6 Å². The summed E-state index contributed by atoms with van der Waals surface area (Å²) in [4.78, 5) is 5.24. The van der Waals surface area contributed by atoms with Crippen molar-refractivity contribution in [1.29, 1.82) is 0 Å². The largest absolute Gasteiger partial charge is 0.370 e. The molecule has 2 unspecified atom stereocenters. The lowest BCUT2D eigenvalue weighted by atomic mass is 10.0. The van der Waals surface area contributed by atoms with E-state index in [9.17, 15) is 0 Å². The molecule has 2 aliphatic heterocycles. The topological polar surface area (TPSA) is 32.5 Å². The first kappa shape index (κ1) is 15.3. The number of hydrogen-bond donors (Lipinski definition) is 1. The Morgan fingerprint density at radius 3 is 2.76 bits per heavy atom. The van der Waals surface area contributed by atoms with Gasteiger partial charge in [-0.05, 0) is 63.4 Å². The fourth-order valence-corrected chi connectivity index (χ4v) is 4.07. The SMILES string of the molecule is CC(N)Cc1ccc(Br)cc1N1CCC(N2CCCC2)C1. The molecule has 21 heavy (non-hydrogen) atoms. The molecule has 1 aromatic carbocycles. The predicted molar refractivity (Wildman–Crippen MR) is 92.9 cm³/mol. The van der Waals surface area contributed by atoms with Crippen LogP contribution in [-0.4, -0.2) is 43.2 Å². The number of nitrogens with zero attached hydrogens (tertiary/aromatic N) is 2. The molecule has 4 heteroatoms. The van der Waals surface area contributed by atoms with Crippen LogP contribution in [0.3, 0.4) is 0 Å². The van der Waals surface area contributed by atoms with E-state index in [0.29, 0.717) is 0 Å². The van der Waals surface area contributed by atoms with Crippen LogP contribution in [0.5, 0.6) is 0 Å². The quantitative estimate of drug-likeness (QED) is 0.904. The lowest BCUT2D eigenvalue weighted by molar-refractivity contribution is 0.260. The predicted octanol–water partition coefficient (Wildman–Crippen LogP) is 3.01. The van der Waals surface area contributed by atoms with Gasteiger partial charge in [-0.25, -0.2) is 0 Å². The highest BCUT2D eigenvalue weighted by Crippen LogP contribution is 2.31. The molecule has 2 atom stereocenters. The molecule has 0 radical (unpaired) electrons. The van der Waals surface area contributed by atoms with Crippen LogP contribution in [0, 0.1) is 0 Å². The number of halogens is 1. The summed E-state index contributed by atoms with van der Waals surface area (Å²) >= 11 is 3.62. The molecular weight excluding hydrogens is 326 g/mol. The van der Waals surface area contributed by atoms with E-state index in [1.165, 1.54) is 56.7 Å². The highest BCUT2D eigenvalue weighted by Gasteiger charge is 2.30. The molecule has 2 fully saturated rings. The van der Waals surface area contributed by atoms with E-state index in [0.717, 1.165) is 16.9 Å². The summed E-state index contributed by atoms with van der Waals surface area (Å²) in [5, 5.41) is 0. The summed E-state index contributed by atoms with van der Waals surface area (Å²) in [7, 11) is 0. The molecule has 2 heterocycles. The maximum atomic E-state index is 6.02. The van der Waals surface area contributed by atoms with Crippen LogP contribution in [0.1, 0.15) is 31.7 Å². The minimum absolute atomic E-state index is 0.210. The van der Waals surface area contributed by atoms with E-state index in [1.807, 2.05) is 0 Å². The third-order valence-electron chi connectivity index (χ3n) is 4.75. The molecule has 0 aliphatic carbocycles. The van der Waals surface area contributed by atoms with E-state index < -0.39 is 0 Å². The van der Waals surface area contributed by atoms with Crippen molar-refractivity contribution in [3.05, 3.63) is 28.2 Å². The maximum Gasteiger partial charge on any atom is 0.0411 e. The van der Waals surface area contributed by atoms with Crippen molar-refractivity contribution in [3.63, 3.8) is 0 Å². The van der Waals surface area contributed by atoms with Crippen molar-refractivity contribution in [2.75, 3.05) is 31.1 Å². The lowest BCUT2D eigenvalue weighted by Gasteiger charge is -2.26. The average Bonchev–Trinajstić information content (AvgIpc) is 3.09. The van der Waals surface area contributed by atoms with Gasteiger partial charge in [0.15, 0.2) is 0 Å². The Morgan fingerprint density at radius 2 is 2.05 bits per heavy atom. The summed E-state index contributed by atoms with van der Waals surface area (Å²) in [6.45, 7) is 7.02. The van der Waals surface area contributed by atoms with Crippen molar-refractivity contribution < 1.29 is 0 Å². The van der Waals surface area contributed by atoms with Crippen LogP contribution in [0.4, 0.5) is 5.69 Å². The second kappa shape index (κ2) is 6.67. The number of rotatable bonds is 4. The molecule has 0 saturated carbocycles. The van der Waals surface area contributed by atoms with E-state index in [2.05, 4.69) is 50.9 Å². The van der Waals surface area contributed by atoms with Gasteiger partial charge in [0.2, 0.25) is 0 Å². The van der Waals surface area contributed by atoms with Gasteiger partial charge in [-0.15, -0.1) is 0 Å². The molecule has 2 saturated heterocycles. The average molecular weight is 352 g/mol. The summed E-state index contributed by atoms with van der Waals surface area (Å²) in [5.74, 6) is 0. The van der Waals surface area contributed by atoms with Crippen molar-refractivity contribution in [2.45, 2.75) is 44.7 Å².